The molecule has 1 N–H and O–H groups in total. The summed E-state index contributed by atoms with van der Waals surface area (Å²) in [6.45, 7) is 1.10. The molecule has 4 bridgehead atoms. The van der Waals surface area contributed by atoms with Gasteiger partial charge < -0.3 is 14.5 Å². The highest BCUT2D eigenvalue weighted by atomic mass is 16.6. The maximum absolute atomic E-state index is 13.9. The lowest BCUT2D eigenvalue weighted by Crippen LogP contribution is -2.58. The van der Waals surface area contributed by atoms with Crippen molar-refractivity contribution in [3.8, 4) is 0 Å². The quantitative estimate of drug-likeness (QED) is 0.449. The average Bonchev–Trinajstić information content (AvgIpc) is 2.87. The maximum Gasteiger partial charge on any atom is 0.344 e. The molecule has 8 nitrogen and oxygen atoms in total. The largest absolute Gasteiger partial charge is 0.479 e. The van der Waals surface area contributed by atoms with Gasteiger partial charge in [0, 0.05) is 24.2 Å². The van der Waals surface area contributed by atoms with Crippen LogP contribution in [-0.2, 0) is 9.63 Å². The zero-order chi connectivity index (χ0) is 25.5. The Balaban J connectivity index is 1.32. The van der Waals surface area contributed by atoms with Crippen molar-refractivity contribution >= 4 is 22.7 Å². The molecule has 8 heteroatoms. The van der Waals surface area contributed by atoms with Crippen LogP contribution in [0.5, 0.6) is 0 Å². The zero-order valence-corrected chi connectivity index (χ0v) is 21.7. The van der Waals surface area contributed by atoms with Crippen LogP contribution in [0.15, 0.2) is 34.2 Å². The van der Waals surface area contributed by atoms with Gasteiger partial charge in [-0.1, -0.05) is 43.0 Å². The number of carboxylic acids is 1. The van der Waals surface area contributed by atoms with Gasteiger partial charge in [-0.3, -0.25) is 9.69 Å². The summed E-state index contributed by atoms with van der Waals surface area (Å²) in [4.78, 5) is 37.2. The van der Waals surface area contributed by atoms with E-state index in [9.17, 15) is 9.59 Å². The number of aromatic nitrogens is 2. The van der Waals surface area contributed by atoms with Crippen molar-refractivity contribution in [1.29, 1.82) is 0 Å². The van der Waals surface area contributed by atoms with E-state index in [0.29, 0.717) is 23.8 Å². The number of carboxylic acid groups (broad SMARTS) is 1. The number of nitrogens with zero attached hydrogens (tertiary/aromatic N) is 4. The Bertz CT molecular complexity index is 1230. The van der Waals surface area contributed by atoms with E-state index in [1.54, 1.807) is 6.92 Å². The predicted octanol–water partition coefficient (Wildman–Crippen LogP) is 4.75. The molecule has 6 atom stereocenters. The second kappa shape index (κ2) is 10.2. The Labute approximate surface area is 217 Å². The van der Waals surface area contributed by atoms with Crippen LogP contribution < -0.4 is 5.56 Å². The summed E-state index contributed by atoms with van der Waals surface area (Å²) in [5, 5.41) is 12.8. The van der Waals surface area contributed by atoms with E-state index in [0.717, 1.165) is 35.7 Å². The van der Waals surface area contributed by atoms with Gasteiger partial charge in [-0.25, -0.2) is 9.78 Å². The van der Waals surface area contributed by atoms with Gasteiger partial charge in [0.25, 0.3) is 5.56 Å². The molecule has 6 rings (SSSR count). The van der Waals surface area contributed by atoms with E-state index in [2.05, 4.69) is 15.0 Å². The van der Waals surface area contributed by atoms with Crippen molar-refractivity contribution in [2.75, 3.05) is 6.61 Å². The number of carbonyl (C=O) groups is 1. The molecule has 1 aromatic heterocycles. The molecule has 0 radical (unpaired) electrons. The van der Waals surface area contributed by atoms with E-state index in [1.807, 2.05) is 28.8 Å². The molecule has 2 saturated heterocycles. The van der Waals surface area contributed by atoms with E-state index in [-0.39, 0.29) is 17.3 Å². The van der Waals surface area contributed by atoms with Gasteiger partial charge in [0.1, 0.15) is 5.71 Å². The van der Waals surface area contributed by atoms with Crippen molar-refractivity contribution in [1.82, 2.24) is 14.5 Å². The van der Waals surface area contributed by atoms with E-state index in [4.69, 9.17) is 9.94 Å². The molecule has 2 aliphatic carbocycles. The first-order chi connectivity index (χ1) is 18.0. The second-order valence-electron chi connectivity index (χ2n) is 11.8. The molecule has 4 fully saturated rings. The first kappa shape index (κ1) is 24.6. The second-order valence-corrected chi connectivity index (χ2v) is 11.8. The van der Waals surface area contributed by atoms with Crippen LogP contribution in [0.4, 0.5) is 0 Å². The minimum absolute atomic E-state index is 0.113. The van der Waals surface area contributed by atoms with Gasteiger partial charge in [0.15, 0.2) is 5.69 Å². The minimum Gasteiger partial charge on any atom is -0.479 e. The molecular formula is C29H38N4O4. The molecule has 2 aromatic rings. The van der Waals surface area contributed by atoms with Gasteiger partial charge >= 0.3 is 5.97 Å². The number of piperidine rings is 2. The Morgan fingerprint density at radius 2 is 1.65 bits per heavy atom. The number of fused-ring (bicyclic) bond motifs is 5. The topological polar surface area (TPSA) is 97.0 Å². The Hall–Kier alpha value is -2.74. The number of hydrogen-bond donors (Lipinski definition) is 1. The Morgan fingerprint density at radius 3 is 2.35 bits per heavy atom. The van der Waals surface area contributed by atoms with Crippen LogP contribution in [0.25, 0.3) is 11.0 Å². The number of hydrogen-bond acceptors (Lipinski definition) is 6. The molecule has 3 heterocycles. The van der Waals surface area contributed by atoms with Crippen LogP contribution in [0.1, 0.15) is 89.3 Å². The number of oxime groups is 1. The van der Waals surface area contributed by atoms with Gasteiger partial charge in [-0.15, -0.1) is 0 Å². The monoisotopic (exact) mass is 506 g/mol. The Morgan fingerprint density at radius 1 is 0.973 bits per heavy atom. The predicted molar refractivity (Wildman–Crippen MR) is 142 cm³/mol. The third-order valence-corrected chi connectivity index (χ3v) is 9.42. The minimum atomic E-state index is -1.11. The fourth-order valence-corrected chi connectivity index (χ4v) is 8.12. The highest BCUT2D eigenvalue weighted by molar-refractivity contribution is 5.97. The van der Waals surface area contributed by atoms with Crippen molar-refractivity contribution < 1.29 is 14.7 Å². The third-order valence-electron chi connectivity index (χ3n) is 9.42. The summed E-state index contributed by atoms with van der Waals surface area (Å²) in [5.74, 6) is 0.715. The fourth-order valence-electron chi connectivity index (χ4n) is 8.12. The molecule has 2 aliphatic heterocycles. The van der Waals surface area contributed by atoms with Gasteiger partial charge in [-0.05, 0) is 75.8 Å². The maximum atomic E-state index is 13.9. The van der Waals surface area contributed by atoms with E-state index < -0.39 is 12.6 Å². The zero-order valence-electron chi connectivity index (χ0n) is 21.7. The smallest absolute Gasteiger partial charge is 0.344 e. The summed E-state index contributed by atoms with van der Waals surface area (Å²) >= 11 is 0. The lowest BCUT2D eigenvalue weighted by atomic mass is 9.68. The number of aliphatic carboxylic acids is 1. The number of benzene rings is 1. The summed E-state index contributed by atoms with van der Waals surface area (Å²) in [5.41, 5.74) is 1.98. The van der Waals surface area contributed by atoms with Gasteiger partial charge in [-0.2, -0.15) is 0 Å². The van der Waals surface area contributed by atoms with Crippen LogP contribution in [0.2, 0.25) is 0 Å². The van der Waals surface area contributed by atoms with Crippen LogP contribution in [-0.4, -0.2) is 56.0 Å². The fraction of sp³-hybridized carbons (Fsp3) is 0.655. The van der Waals surface area contributed by atoms with Gasteiger partial charge in [0.05, 0.1) is 11.0 Å². The van der Waals surface area contributed by atoms with Gasteiger partial charge in [0.2, 0.25) is 6.61 Å². The molecule has 2 saturated carbocycles. The molecule has 1 aromatic carbocycles. The van der Waals surface area contributed by atoms with Crippen LogP contribution in [0.3, 0.4) is 0 Å². The molecule has 37 heavy (non-hydrogen) atoms. The number of rotatable bonds is 6. The van der Waals surface area contributed by atoms with E-state index >= 15 is 0 Å². The van der Waals surface area contributed by atoms with Crippen molar-refractivity contribution in [3.63, 3.8) is 0 Å². The summed E-state index contributed by atoms with van der Waals surface area (Å²) in [6, 6.07) is 9.69. The molecule has 198 valence electrons. The number of para-hydroxylation sites is 2. The standard InChI is InChI=1S/C29H38N4O4/c1-18(31-37-17-27(34)35)28-29(36)33(26-11-3-2-10-25(26)30-28)24-15-21-8-5-9-22(16-24)32(21)23-13-19-6-4-7-20(12-19)14-23/h2-3,10-11,19-24H,4-9,12-17H2,1H3,(H,34,35)/b31-18+/t19-,20+,21-,22+,23?,24?. The summed E-state index contributed by atoms with van der Waals surface area (Å²) < 4.78 is 1.96. The van der Waals surface area contributed by atoms with Crippen LogP contribution in [0, 0.1) is 11.8 Å². The summed E-state index contributed by atoms with van der Waals surface area (Å²) in [7, 11) is 0. The average molecular weight is 507 g/mol. The molecule has 2 unspecified atom stereocenters. The van der Waals surface area contributed by atoms with Crippen molar-refractivity contribution in [2.24, 2.45) is 17.0 Å². The van der Waals surface area contributed by atoms with Crippen molar-refractivity contribution in [2.45, 2.75) is 102 Å². The highest BCUT2D eigenvalue weighted by Crippen LogP contribution is 2.47. The third kappa shape index (κ3) is 4.80. The Kier molecular flexibility index (Phi) is 6.78. The lowest BCUT2D eigenvalue weighted by molar-refractivity contribution is -0.142. The van der Waals surface area contributed by atoms with Crippen molar-refractivity contribution in [3.05, 3.63) is 40.3 Å². The normalized spacial score (nSPS) is 32.3. The molecule has 4 aliphatic rings. The molecule has 0 amide bonds. The van der Waals surface area contributed by atoms with E-state index in [1.165, 1.54) is 57.8 Å². The van der Waals surface area contributed by atoms with Crippen LogP contribution >= 0.6 is 0 Å². The summed E-state index contributed by atoms with van der Waals surface area (Å²) in [6.07, 6.45) is 14.1. The molecule has 0 spiro atoms. The molecular weight excluding hydrogens is 468 g/mol. The lowest BCUT2D eigenvalue weighted by Gasteiger charge is -2.55. The first-order valence-corrected chi connectivity index (χ1v) is 14.2. The highest BCUT2D eigenvalue weighted by Gasteiger charge is 2.45. The SMILES string of the molecule is C/C(=N\OCC(=O)O)c1nc2ccccc2n(C2C[C@H]3CCC[C@@H](C2)N3C2C[C@H]3CCC[C@@H](C2)C3)c1=O. The first-order valence-electron chi connectivity index (χ1n) is 14.2.